The summed E-state index contributed by atoms with van der Waals surface area (Å²) in [7, 11) is 1.79. The molecule has 1 aromatic rings. The van der Waals surface area contributed by atoms with Gasteiger partial charge in [-0.2, -0.15) is 0 Å². The highest BCUT2D eigenvalue weighted by Gasteiger charge is 2.27. The molecule has 2 aliphatic rings. The Balaban J connectivity index is 0.00000225. The zero-order chi connectivity index (χ0) is 16.8. The average molecular weight is 371 g/mol. The van der Waals surface area contributed by atoms with E-state index in [1.54, 1.807) is 7.11 Å². The summed E-state index contributed by atoms with van der Waals surface area (Å²) in [5, 5.41) is 0. The lowest BCUT2D eigenvalue weighted by Gasteiger charge is -2.38. The van der Waals surface area contributed by atoms with Crippen molar-refractivity contribution in [3.8, 4) is 5.75 Å². The van der Waals surface area contributed by atoms with Crippen LogP contribution in [0.15, 0.2) is 24.3 Å². The van der Waals surface area contributed by atoms with Crippen LogP contribution in [0.1, 0.15) is 31.2 Å². The standard InChI is InChI=1S/C19H30N2O3.ClH/c1-22-18-8-9-21(16(11-18)12-20)13-15-4-6-17(7-5-15)24-14-19-3-2-10-23-19;/h4-7,16,18-19H,2-3,8-14,20H2,1H3;1H. The molecule has 3 atom stereocenters. The number of piperidine rings is 1. The van der Waals surface area contributed by atoms with Gasteiger partial charge in [0.05, 0.1) is 12.2 Å². The van der Waals surface area contributed by atoms with Crippen LogP contribution in [0.4, 0.5) is 0 Å². The van der Waals surface area contributed by atoms with Gasteiger partial charge in [0.25, 0.3) is 0 Å². The molecule has 1 aromatic carbocycles. The molecule has 0 radical (unpaired) electrons. The molecule has 142 valence electrons. The Hall–Kier alpha value is -0.850. The molecule has 2 saturated heterocycles. The third-order valence-electron chi connectivity index (χ3n) is 5.16. The molecule has 0 aliphatic carbocycles. The van der Waals surface area contributed by atoms with Gasteiger partial charge >= 0.3 is 0 Å². The normalized spacial score (nSPS) is 27.0. The molecule has 5 nitrogen and oxygen atoms in total. The van der Waals surface area contributed by atoms with Gasteiger partial charge in [-0.05, 0) is 43.4 Å². The van der Waals surface area contributed by atoms with Crippen molar-refractivity contribution in [3.63, 3.8) is 0 Å². The lowest BCUT2D eigenvalue weighted by atomic mass is 9.98. The molecular formula is C19H31ClN2O3. The van der Waals surface area contributed by atoms with Gasteiger partial charge in [0, 0.05) is 39.4 Å². The van der Waals surface area contributed by atoms with Gasteiger partial charge in [-0.25, -0.2) is 0 Å². The molecule has 3 rings (SSSR count). The minimum absolute atomic E-state index is 0. The predicted molar refractivity (Wildman–Crippen MR) is 101 cm³/mol. The third-order valence-corrected chi connectivity index (χ3v) is 5.16. The Morgan fingerprint density at radius 2 is 2.04 bits per heavy atom. The van der Waals surface area contributed by atoms with Crippen LogP contribution in [0.3, 0.4) is 0 Å². The van der Waals surface area contributed by atoms with Crippen molar-refractivity contribution >= 4 is 12.4 Å². The van der Waals surface area contributed by atoms with Crippen LogP contribution in [-0.2, 0) is 16.0 Å². The van der Waals surface area contributed by atoms with Crippen molar-refractivity contribution in [2.45, 2.75) is 50.5 Å². The van der Waals surface area contributed by atoms with Crippen molar-refractivity contribution in [1.82, 2.24) is 4.90 Å². The lowest BCUT2D eigenvalue weighted by Crippen LogP contribution is -2.47. The van der Waals surface area contributed by atoms with Gasteiger partial charge in [0.1, 0.15) is 12.4 Å². The highest BCUT2D eigenvalue weighted by Crippen LogP contribution is 2.22. The van der Waals surface area contributed by atoms with Crippen molar-refractivity contribution in [2.75, 3.05) is 33.4 Å². The van der Waals surface area contributed by atoms with E-state index in [1.807, 2.05) is 0 Å². The summed E-state index contributed by atoms with van der Waals surface area (Å²) in [5.41, 5.74) is 7.26. The summed E-state index contributed by atoms with van der Waals surface area (Å²) < 4.78 is 16.9. The minimum atomic E-state index is 0. The number of hydrogen-bond donors (Lipinski definition) is 1. The number of nitrogens with two attached hydrogens (primary N) is 1. The second kappa shape index (κ2) is 10.3. The first-order valence-electron chi connectivity index (χ1n) is 9.08. The molecule has 0 saturated carbocycles. The number of ether oxygens (including phenoxy) is 3. The van der Waals surface area contributed by atoms with E-state index in [0.717, 1.165) is 51.1 Å². The van der Waals surface area contributed by atoms with E-state index in [2.05, 4.69) is 29.2 Å². The van der Waals surface area contributed by atoms with Crippen molar-refractivity contribution in [3.05, 3.63) is 29.8 Å². The van der Waals surface area contributed by atoms with Gasteiger partial charge < -0.3 is 19.9 Å². The molecule has 6 heteroatoms. The first kappa shape index (κ1) is 20.5. The summed E-state index contributed by atoms with van der Waals surface area (Å²) in [6.45, 7) is 4.18. The SMILES string of the molecule is COC1CCN(Cc2ccc(OCC3CCCO3)cc2)C(CN)C1.Cl. The second-order valence-corrected chi connectivity index (χ2v) is 6.83. The first-order chi connectivity index (χ1) is 11.8. The fraction of sp³-hybridized carbons (Fsp3) is 0.684. The van der Waals surface area contributed by atoms with Crippen LogP contribution >= 0.6 is 12.4 Å². The molecular weight excluding hydrogens is 340 g/mol. The second-order valence-electron chi connectivity index (χ2n) is 6.83. The summed E-state index contributed by atoms with van der Waals surface area (Å²) in [6, 6.07) is 8.83. The molecule has 3 unspecified atom stereocenters. The summed E-state index contributed by atoms with van der Waals surface area (Å²) in [5.74, 6) is 0.919. The molecule has 2 fully saturated rings. The largest absolute Gasteiger partial charge is 0.491 e. The van der Waals surface area contributed by atoms with Crippen LogP contribution in [0.5, 0.6) is 5.75 Å². The fourth-order valence-corrected chi connectivity index (χ4v) is 3.62. The zero-order valence-electron chi connectivity index (χ0n) is 15.1. The number of benzene rings is 1. The number of halogens is 1. The molecule has 2 aliphatic heterocycles. The predicted octanol–water partition coefficient (Wildman–Crippen LogP) is 2.60. The Bertz CT molecular complexity index is 494. The van der Waals surface area contributed by atoms with E-state index in [4.69, 9.17) is 19.9 Å². The summed E-state index contributed by atoms with van der Waals surface area (Å²) in [4.78, 5) is 2.47. The van der Waals surface area contributed by atoms with E-state index < -0.39 is 0 Å². The Morgan fingerprint density at radius 3 is 2.68 bits per heavy atom. The average Bonchev–Trinajstić information content (AvgIpc) is 3.15. The smallest absolute Gasteiger partial charge is 0.119 e. The molecule has 2 heterocycles. The van der Waals surface area contributed by atoms with Gasteiger partial charge in [-0.1, -0.05) is 12.1 Å². The minimum Gasteiger partial charge on any atom is -0.491 e. The van der Waals surface area contributed by atoms with Crippen molar-refractivity contribution in [2.24, 2.45) is 5.73 Å². The lowest BCUT2D eigenvalue weighted by molar-refractivity contribution is 0.0102. The van der Waals surface area contributed by atoms with Crippen molar-refractivity contribution < 1.29 is 14.2 Å². The number of rotatable bonds is 7. The fourth-order valence-electron chi connectivity index (χ4n) is 3.62. The van der Waals surface area contributed by atoms with Crippen LogP contribution in [0.2, 0.25) is 0 Å². The molecule has 0 amide bonds. The Kier molecular flexibility index (Phi) is 8.46. The van der Waals surface area contributed by atoms with Gasteiger partial charge in [0.2, 0.25) is 0 Å². The quantitative estimate of drug-likeness (QED) is 0.799. The summed E-state index contributed by atoms with van der Waals surface area (Å²) in [6.07, 6.45) is 4.97. The number of likely N-dealkylation sites (tertiary alicyclic amines) is 1. The van der Waals surface area contributed by atoms with Gasteiger partial charge in [-0.3, -0.25) is 4.90 Å². The van der Waals surface area contributed by atoms with Crippen LogP contribution in [0, 0.1) is 0 Å². The molecule has 0 spiro atoms. The zero-order valence-corrected chi connectivity index (χ0v) is 15.9. The first-order valence-corrected chi connectivity index (χ1v) is 9.08. The summed E-state index contributed by atoms with van der Waals surface area (Å²) >= 11 is 0. The number of nitrogens with zero attached hydrogens (tertiary/aromatic N) is 1. The third kappa shape index (κ3) is 5.83. The Labute approximate surface area is 157 Å². The molecule has 0 aromatic heterocycles. The van der Waals surface area contributed by atoms with Crippen LogP contribution in [0.25, 0.3) is 0 Å². The van der Waals surface area contributed by atoms with E-state index >= 15 is 0 Å². The van der Waals surface area contributed by atoms with E-state index in [1.165, 1.54) is 5.56 Å². The maximum Gasteiger partial charge on any atom is 0.119 e. The number of hydrogen-bond acceptors (Lipinski definition) is 5. The van der Waals surface area contributed by atoms with E-state index in [9.17, 15) is 0 Å². The maximum atomic E-state index is 5.96. The van der Waals surface area contributed by atoms with Gasteiger partial charge in [-0.15, -0.1) is 12.4 Å². The highest BCUT2D eigenvalue weighted by molar-refractivity contribution is 5.85. The monoisotopic (exact) mass is 370 g/mol. The molecule has 0 bridgehead atoms. The topological polar surface area (TPSA) is 57.0 Å². The van der Waals surface area contributed by atoms with Crippen LogP contribution < -0.4 is 10.5 Å². The van der Waals surface area contributed by atoms with E-state index in [0.29, 0.717) is 25.3 Å². The highest BCUT2D eigenvalue weighted by atomic mass is 35.5. The van der Waals surface area contributed by atoms with Gasteiger partial charge in [0.15, 0.2) is 0 Å². The van der Waals surface area contributed by atoms with Crippen molar-refractivity contribution in [1.29, 1.82) is 0 Å². The molecule has 2 N–H and O–H groups in total. The van der Waals surface area contributed by atoms with E-state index in [-0.39, 0.29) is 18.5 Å². The maximum absolute atomic E-state index is 5.96. The number of methoxy groups -OCH3 is 1. The molecule has 25 heavy (non-hydrogen) atoms. The Morgan fingerprint density at radius 1 is 1.24 bits per heavy atom. The van der Waals surface area contributed by atoms with Crippen LogP contribution in [-0.4, -0.2) is 56.6 Å².